The number of rotatable bonds is 1. The van der Waals surface area contributed by atoms with Crippen molar-refractivity contribution in [3.8, 4) is 0 Å². The SMILES string of the molecule is O=C(c1cc(C(F)(F)F)ccc1Br)N1CCC(Br)C1. The van der Waals surface area contributed by atoms with Gasteiger partial charge in [0.15, 0.2) is 0 Å². The first-order valence-corrected chi connectivity index (χ1v) is 7.30. The van der Waals surface area contributed by atoms with Crippen LogP contribution in [0.1, 0.15) is 22.3 Å². The van der Waals surface area contributed by atoms with Crippen molar-refractivity contribution in [1.82, 2.24) is 4.90 Å². The topological polar surface area (TPSA) is 20.3 Å². The third-order valence-corrected chi connectivity index (χ3v) is 4.38. The number of amides is 1. The van der Waals surface area contributed by atoms with E-state index in [4.69, 9.17) is 0 Å². The Morgan fingerprint density at radius 3 is 2.58 bits per heavy atom. The van der Waals surface area contributed by atoms with E-state index >= 15 is 0 Å². The summed E-state index contributed by atoms with van der Waals surface area (Å²) in [6.45, 7) is 1.07. The van der Waals surface area contributed by atoms with Crippen molar-refractivity contribution < 1.29 is 18.0 Å². The molecule has 0 radical (unpaired) electrons. The van der Waals surface area contributed by atoms with Gasteiger partial charge in [-0.25, -0.2) is 0 Å². The van der Waals surface area contributed by atoms with Crippen LogP contribution in [0.4, 0.5) is 13.2 Å². The minimum Gasteiger partial charge on any atom is -0.337 e. The van der Waals surface area contributed by atoms with Gasteiger partial charge in [0.2, 0.25) is 0 Å². The van der Waals surface area contributed by atoms with Crippen molar-refractivity contribution >= 4 is 37.8 Å². The van der Waals surface area contributed by atoms with Crippen LogP contribution >= 0.6 is 31.9 Å². The molecule has 7 heteroatoms. The minimum atomic E-state index is -4.45. The van der Waals surface area contributed by atoms with Gasteiger partial charge in [-0.05, 0) is 40.5 Å². The van der Waals surface area contributed by atoms with E-state index in [-0.39, 0.29) is 16.3 Å². The normalized spacial score (nSPS) is 19.8. The quantitative estimate of drug-likeness (QED) is 0.650. The Kier molecular flexibility index (Phi) is 4.25. The molecule has 0 aliphatic carbocycles. The minimum absolute atomic E-state index is 0.0522. The maximum absolute atomic E-state index is 12.7. The fourth-order valence-electron chi connectivity index (χ4n) is 1.94. The number of alkyl halides is 4. The highest BCUT2D eigenvalue weighted by molar-refractivity contribution is 9.10. The number of benzene rings is 1. The van der Waals surface area contributed by atoms with E-state index in [0.717, 1.165) is 18.6 Å². The molecule has 0 N–H and O–H groups in total. The van der Waals surface area contributed by atoms with Gasteiger partial charge in [-0.2, -0.15) is 13.2 Å². The van der Waals surface area contributed by atoms with Crippen molar-refractivity contribution in [3.05, 3.63) is 33.8 Å². The number of carbonyl (C=O) groups is 1. The molecule has 1 saturated heterocycles. The van der Waals surface area contributed by atoms with Crippen molar-refractivity contribution in [2.24, 2.45) is 0 Å². The lowest BCUT2D eigenvalue weighted by Gasteiger charge is -2.17. The standard InChI is InChI=1S/C12H10Br2F3NO/c13-8-3-4-18(6-8)11(19)9-5-7(12(15,16)17)1-2-10(9)14/h1-2,5,8H,3-4,6H2. The summed E-state index contributed by atoms with van der Waals surface area (Å²) in [5, 5.41) is 0. The Hall–Kier alpha value is -0.560. The molecule has 104 valence electrons. The molecular weight excluding hydrogens is 391 g/mol. The van der Waals surface area contributed by atoms with Crippen LogP contribution < -0.4 is 0 Å². The smallest absolute Gasteiger partial charge is 0.337 e. The molecule has 1 heterocycles. The predicted molar refractivity (Wildman–Crippen MR) is 72.4 cm³/mol. The second-order valence-electron chi connectivity index (χ2n) is 4.33. The van der Waals surface area contributed by atoms with E-state index in [9.17, 15) is 18.0 Å². The lowest BCUT2D eigenvalue weighted by molar-refractivity contribution is -0.137. The molecule has 1 fully saturated rings. The maximum Gasteiger partial charge on any atom is 0.416 e. The van der Waals surface area contributed by atoms with Crippen molar-refractivity contribution in [2.75, 3.05) is 13.1 Å². The second kappa shape index (κ2) is 5.44. The first-order valence-electron chi connectivity index (χ1n) is 5.59. The Labute approximate surface area is 125 Å². The maximum atomic E-state index is 12.7. The summed E-state index contributed by atoms with van der Waals surface area (Å²) in [7, 11) is 0. The van der Waals surface area contributed by atoms with Gasteiger partial charge < -0.3 is 4.90 Å². The molecule has 0 bridgehead atoms. The van der Waals surface area contributed by atoms with Crippen LogP contribution in [0.5, 0.6) is 0 Å². The Morgan fingerprint density at radius 1 is 1.37 bits per heavy atom. The van der Waals surface area contributed by atoms with Crippen molar-refractivity contribution in [3.63, 3.8) is 0 Å². The molecule has 1 aromatic rings. The van der Waals surface area contributed by atoms with E-state index < -0.39 is 11.7 Å². The largest absolute Gasteiger partial charge is 0.416 e. The van der Waals surface area contributed by atoms with E-state index in [2.05, 4.69) is 31.9 Å². The molecule has 1 unspecified atom stereocenters. The van der Waals surface area contributed by atoms with Gasteiger partial charge in [-0.15, -0.1) is 0 Å². The monoisotopic (exact) mass is 399 g/mol. The lowest BCUT2D eigenvalue weighted by Crippen LogP contribution is -2.29. The Bertz CT molecular complexity index is 504. The summed E-state index contributed by atoms with van der Waals surface area (Å²) >= 11 is 6.53. The molecular formula is C12H10Br2F3NO. The second-order valence-corrected chi connectivity index (χ2v) is 6.48. The zero-order valence-electron chi connectivity index (χ0n) is 9.68. The van der Waals surface area contributed by atoms with Crippen LogP contribution in [0.2, 0.25) is 0 Å². The van der Waals surface area contributed by atoms with Crippen molar-refractivity contribution in [1.29, 1.82) is 0 Å². The predicted octanol–water partition coefficient (Wildman–Crippen LogP) is 4.08. The number of hydrogen-bond donors (Lipinski definition) is 0. The highest BCUT2D eigenvalue weighted by Gasteiger charge is 2.33. The summed E-state index contributed by atoms with van der Waals surface area (Å²) in [4.78, 5) is 14.0. The summed E-state index contributed by atoms with van der Waals surface area (Å²) in [6.07, 6.45) is -3.64. The van der Waals surface area contributed by atoms with Gasteiger partial charge in [0, 0.05) is 22.4 Å². The molecule has 0 saturated carbocycles. The molecule has 19 heavy (non-hydrogen) atoms. The number of hydrogen-bond acceptors (Lipinski definition) is 1. The third-order valence-electron chi connectivity index (χ3n) is 2.94. The fraction of sp³-hybridized carbons (Fsp3) is 0.417. The number of likely N-dealkylation sites (tertiary alicyclic amines) is 1. The number of halogens is 5. The van der Waals surface area contributed by atoms with Crippen LogP contribution in [-0.2, 0) is 6.18 Å². The Balaban J connectivity index is 2.31. The lowest BCUT2D eigenvalue weighted by atomic mass is 10.1. The number of nitrogens with zero attached hydrogens (tertiary/aromatic N) is 1. The van der Waals surface area contributed by atoms with E-state index in [1.807, 2.05) is 0 Å². The van der Waals surface area contributed by atoms with Crippen LogP contribution in [0.25, 0.3) is 0 Å². The Morgan fingerprint density at radius 2 is 2.05 bits per heavy atom. The van der Waals surface area contributed by atoms with Crippen LogP contribution in [0.15, 0.2) is 22.7 Å². The van der Waals surface area contributed by atoms with Crippen LogP contribution in [0, 0.1) is 0 Å². The molecule has 1 atom stereocenters. The molecule has 0 spiro atoms. The van der Waals surface area contributed by atoms with Gasteiger partial charge >= 0.3 is 6.18 Å². The molecule has 2 nitrogen and oxygen atoms in total. The molecule has 1 aromatic carbocycles. The molecule has 1 aliphatic heterocycles. The summed E-state index contributed by atoms with van der Waals surface area (Å²) in [6, 6.07) is 3.11. The third kappa shape index (κ3) is 3.31. The van der Waals surface area contributed by atoms with Gasteiger partial charge in [0.1, 0.15) is 0 Å². The average molecular weight is 401 g/mol. The van der Waals surface area contributed by atoms with Gasteiger partial charge in [0.25, 0.3) is 5.91 Å². The summed E-state index contributed by atoms with van der Waals surface area (Å²) < 4.78 is 38.3. The van der Waals surface area contributed by atoms with Crippen LogP contribution in [0.3, 0.4) is 0 Å². The molecule has 1 aliphatic rings. The first-order chi connectivity index (χ1) is 8.79. The van der Waals surface area contributed by atoms with Crippen molar-refractivity contribution in [2.45, 2.75) is 17.4 Å². The van der Waals surface area contributed by atoms with Gasteiger partial charge in [-0.1, -0.05) is 15.9 Å². The summed E-state index contributed by atoms with van der Waals surface area (Å²) in [5.74, 6) is -0.375. The zero-order valence-corrected chi connectivity index (χ0v) is 12.8. The molecule has 0 aromatic heterocycles. The first kappa shape index (κ1) is 14.8. The summed E-state index contributed by atoms with van der Waals surface area (Å²) in [5.41, 5.74) is -0.759. The molecule has 2 rings (SSSR count). The van der Waals surface area contributed by atoms with Gasteiger partial charge in [0.05, 0.1) is 11.1 Å². The van der Waals surface area contributed by atoms with E-state index in [0.29, 0.717) is 17.6 Å². The number of carbonyl (C=O) groups excluding carboxylic acids is 1. The highest BCUT2D eigenvalue weighted by atomic mass is 79.9. The van der Waals surface area contributed by atoms with E-state index in [1.54, 1.807) is 4.90 Å². The molecule has 1 amide bonds. The fourth-order valence-corrected chi connectivity index (χ4v) is 2.91. The van der Waals surface area contributed by atoms with Gasteiger partial charge in [-0.3, -0.25) is 4.79 Å². The average Bonchev–Trinajstić information content (AvgIpc) is 2.74. The highest BCUT2D eigenvalue weighted by Crippen LogP contribution is 2.32. The van der Waals surface area contributed by atoms with E-state index in [1.165, 1.54) is 6.07 Å². The van der Waals surface area contributed by atoms with Crippen LogP contribution in [-0.4, -0.2) is 28.7 Å². The zero-order chi connectivity index (χ0) is 14.2.